The predicted octanol–water partition coefficient (Wildman–Crippen LogP) is 1.99. The van der Waals surface area contributed by atoms with E-state index in [-0.39, 0.29) is 6.61 Å². The van der Waals surface area contributed by atoms with Crippen LogP contribution in [0.2, 0.25) is 0 Å². The van der Waals surface area contributed by atoms with E-state index in [1.54, 1.807) is 19.2 Å². The normalized spacial score (nSPS) is 10.3. The van der Waals surface area contributed by atoms with E-state index in [2.05, 4.69) is 0 Å². The number of ether oxygens (including phenoxy) is 3. The van der Waals surface area contributed by atoms with E-state index in [1.165, 1.54) is 0 Å². The van der Waals surface area contributed by atoms with Crippen molar-refractivity contribution in [3.63, 3.8) is 0 Å². The van der Waals surface area contributed by atoms with Gasteiger partial charge in [0.2, 0.25) is 0 Å². The number of aliphatic hydroxyl groups is 1. The molecule has 17 heavy (non-hydrogen) atoms. The second-order valence-corrected chi connectivity index (χ2v) is 3.57. The van der Waals surface area contributed by atoms with Gasteiger partial charge in [0.25, 0.3) is 0 Å². The fourth-order valence-electron chi connectivity index (χ4n) is 1.42. The quantitative estimate of drug-likeness (QED) is 0.706. The average molecular weight is 240 g/mol. The highest BCUT2D eigenvalue weighted by Crippen LogP contribution is 2.22. The molecule has 0 radical (unpaired) electrons. The molecule has 0 unspecified atom stereocenters. The third-order valence-corrected chi connectivity index (χ3v) is 2.26. The minimum atomic E-state index is -0.0213. The minimum absolute atomic E-state index is 0.0213. The van der Waals surface area contributed by atoms with Crippen LogP contribution in [0.25, 0.3) is 0 Å². The first-order valence-corrected chi connectivity index (χ1v) is 5.79. The fraction of sp³-hybridized carbons (Fsp3) is 0.538. The van der Waals surface area contributed by atoms with Crippen molar-refractivity contribution in [2.24, 2.45) is 0 Å². The van der Waals surface area contributed by atoms with Crippen LogP contribution in [0.4, 0.5) is 0 Å². The monoisotopic (exact) mass is 240 g/mol. The lowest BCUT2D eigenvalue weighted by molar-refractivity contribution is 0.130. The highest BCUT2D eigenvalue weighted by Gasteiger charge is 2.01. The van der Waals surface area contributed by atoms with E-state index in [0.717, 1.165) is 18.6 Å². The molecule has 0 spiro atoms. The number of aliphatic hydroxyl groups excluding tert-OH is 1. The van der Waals surface area contributed by atoms with Crippen molar-refractivity contribution < 1.29 is 19.3 Å². The molecule has 0 fully saturated rings. The Morgan fingerprint density at radius 1 is 1.12 bits per heavy atom. The van der Waals surface area contributed by atoms with Crippen molar-refractivity contribution in [1.29, 1.82) is 0 Å². The Balaban J connectivity index is 2.46. The van der Waals surface area contributed by atoms with Gasteiger partial charge in [-0.25, -0.2) is 0 Å². The lowest BCUT2D eigenvalue weighted by Crippen LogP contribution is -2.03. The third kappa shape index (κ3) is 5.06. The Bertz CT molecular complexity index is 303. The maximum Gasteiger partial charge on any atom is 0.123 e. The van der Waals surface area contributed by atoms with Crippen LogP contribution in [0, 0.1) is 0 Å². The summed E-state index contributed by atoms with van der Waals surface area (Å²) in [7, 11) is 1.59. The third-order valence-electron chi connectivity index (χ3n) is 2.26. The van der Waals surface area contributed by atoms with Crippen molar-refractivity contribution in [1.82, 2.24) is 0 Å². The van der Waals surface area contributed by atoms with Crippen LogP contribution in [0.3, 0.4) is 0 Å². The summed E-state index contributed by atoms with van der Waals surface area (Å²) in [5, 5.41) is 9.09. The zero-order chi connectivity index (χ0) is 12.5. The molecule has 1 N–H and O–H groups in total. The predicted molar refractivity (Wildman–Crippen MR) is 65.5 cm³/mol. The van der Waals surface area contributed by atoms with Crippen LogP contribution < -0.4 is 9.47 Å². The van der Waals surface area contributed by atoms with Crippen LogP contribution in [0.1, 0.15) is 18.9 Å². The molecular weight excluding hydrogens is 220 g/mol. The van der Waals surface area contributed by atoms with Crippen molar-refractivity contribution in [2.75, 3.05) is 26.9 Å². The molecule has 0 saturated heterocycles. The van der Waals surface area contributed by atoms with Gasteiger partial charge in [-0.15, -0.1) is 0 Å². The first kappa shape index (κ1) is 13.8. The highest BCUT2D eigenvalue weighted by molar-refractivity contribution is 5.38. The van der Waals surface area contributed by atoms with Crippen LogP contribution >= 0.6 is 0 Å². The zero-order valence-electron chi connectivity index (χ0n) is 10.4. The molecule has 0 aliphatic rings. The summed E-state index contributed by atoms with van der Waals surface area (Å²) >= 11 is 0. The Morgan fingerprint density at radius 2 is 1.88 bits per heavy atom. The van der Waals surface area contributed by atoms with Gasteiger partial charge in [0, 0.05) is 25.7 Å². The standard InChI is InChI=1S/C13H20O4/c1-3-16-5-4-6-17-13-8-11(10-14)7-12(9-13)15-2/h7-9,14H,3-6,10H2,1-2H3. The van der Waals surface area contributed by atoms with Crippen LogP contribution in [-0.2, 0) is 11.3 Å². The van der Waals surface area contributed by atoms with E-state index in [4.69, 9.17) is 19.3 Å². The summed E-state index contributed by atoms with van der Waals surface area (Å²) in [6.45, 7) is 3.97. The first-order valence-electron chi connectivity index (χ1n) is 5.79. The summed E-state index contributed by atoms with van der Waals surface area (Å²) in [5.74, 6) is 1.40. The summed E-state index contributed by atoms with van der Waals surface area (Å²) < 4.78 is 15.9. The van der Waals surface area contributed by atoms with E-state index in [1.807, 2.05) is 13.0 Å². The number of hydrogen-bond donors (Lipinski definition) is 1. The summed E-state index contributed by atoms with van der Waals surface area (Å²) in [4.78, 5) is 0. The number of benzene rings is 1. The van der Waals surface area contributed by atoms with Crippen molar-refractivity contribution in [2.45, 2.75) is 20.0 Å². The van der Waals surface area contributed by atoms with Gasteiger partial charge in [-0.3, -0.25) is 0 Å². The molecule has 4 nitrogen and oxygen atoms in total. The second kappa shape index (κ2) is 7.92. The molecular formula is C13H20O4. The largest absolute Gasteiger partial charge is 0.497 e. The van der Waals surface area contributed by atoms with Crippen molar-refractivity contribution in [3.05, 3.63) is 23.8 Å². The topological polar surface area (TPSA) is 47.9 Å². The Hall–Kier alpha value is -1.26. The van der Waals surface area contributed by atoms with Crippen molar-refractivity contribution in [3.8, 4) is 11.5 Å². The molecule has 0 aromatic heterocycles. The first-order chi connectivity index (χ1) is 8.30. The molecule has 0 atom stereocenters. The minimum Gasteiger partial charge on any atom is -0.497 e. The molecule has 1 aromatic carbocycles. The van der Waals surface area contributed by atoms with Gasteiger partial charge in [-0.05, 0) is 24.6 Å². The van der Waals surface area contributed by atoms with Gasteiger partial charge >= 0.3 is 0 Å². The van der Waals surface area contributed by atoms with E-state index >= 15 is 0 Å². The van der Waals surface area contributed by atoms with Crippen LogP contribution in [0.15, 0.2) is 18.2 Å². The summed E-state index contributed by atoms with van der Waals surface area (Å²) in [6.07, 6.45) is 0.847. The van der Waals surface area contributed by atoms with Gasteiger partial charge in [-0.2, -0.15) is 0 Å². The number of hydrogen-bond acceptors (Lipinski definition) is 4. The number of methoxy groups -OCH3 is 1. The van der Waals surface area contributed by atoms with Crippen LogP contribution in [-0.4, -0.2) is 32.0 Å². The average Bonchev–Trinajstić information content (AvgIpc) is 2.38. The van der Waals surface area contributed by atoms with E-state index < -0.39 is 0 Å². The Morgan fingerprint density at radius 3 is 2.53 bits per heavy atom. The van der Waals surface area contributed by atoms with Gasteiger partial charge in [-0.1, -0.05) is 0 Å². The van der Waals surface area contributed by atoms with Crippen molar-refractivity contribution >= 4 is 0 Å². The van der Waals surface area contributed by atoms with Gasteiger partial charge in [0.15, 0.2) is 0 Å². The number of rotatable bonds is 8. The fourth-order valence-corrected chi connectivity index (χ4v) is 1.42. The molecule has 0 heterocycles. The lowest BCUT2D eigenvalue weighted by Gasteiger charge is -2.09. The molecule has 0 amide bonds. The molecule has 0 aliphatic carbocycles. The van der Waals surface area contributed by atoms with Gasteiger partial charge in [0.1, 0.15) is 11.5 Å². The smallest absolute Gasteiger partial charge is 0.123 e. The molecule has 1 aromatic rings. The summed E-state index contributed by atoms with van der Waals surface area (Å²) in [5.41, 5.74) is 0.782. The molecule has 0 bridgehead atoms. The molecule has 1 rings (SSSR count). The van der Waals surface area contributed by atoms with E-state index in [9.17, 15) is 0 Å². The lowest BCUT2D eigenvalue weighted by atomic mass is 10.2. The van der Waals surface area contributed by atoms with Gasteiger partial charge in [0.05, 0.1) is 20.3 Å². The molecule has 0 aliphatic heterocycles. The van der Waals surface area contributed by atoms with Crippen LogP contribution in [0.5, 0.6) is 11.5 Å². The zero-order valence-corrected chi connectivity index (χ0v) is 10.4. The maximum atomic E-state index is 9.09. The Kier molecular flexibility index (Phi) is 6.43. The Labute approximate surface area is 102 Å². The SMILES string of the molecule is CCOCCCOc1cc(CO)cc(OC)c1. The summed E-state index contributed by atoms with van der Waals surface area (Å²) in [6, 6.07) is 5.40. The van der Waals surface area contributed by atoms with E-state index in [0.29, 0.717) is 24.7 Å². The molecule has 96 valence electrons. The van der Waals surface area contributed by atoms with Gasteiger partial charge < -0.3 is 19.3 Å². The highest BCUT2D eigenvalue weighted by atomic mass is 16.5. The maximum absolute atomic E-state index is 9.09. The second-order valence-electron chi connectivity index (χ2n) is 3.57. The molecule has 4 heteroatoms. The molecule has 0 saturated carbocycles.